The van der Waals surface area contributed by atoms with Gasteiger partial charge < -0.3 is 29.9 Å². The van der Waals surface area contributed by atoms with Crippen LogP contribution in [0.2, 0.25) is 0 Å². The van der Waals surface area contributed by atoms with E-state index in [1.54, 1.807) is 24.3 Å². The number of carboxylic acids is 2. The number of aliphatic hydroxyl groups is 2. The summed E-state index contributed by atoms with van der Waals surface area (Å²) in [4.78, 5) is 35.1. The van der Waals surface area contributed by atoms with Crippen LogP contribution in [-0.2, 0) is 16.0 Å². The molecule has 3 aromatic rings. The zero-order valence-electron chi connectivity index (χ0n) is 23.4. The van der Waals surface area contributed by atoms with Gasteiger partial charge in [0, 0.05) is 32.7 Å². The summed E-state index contributed by atoms with van der Waals surface area (Å²) in [6, 6.07) is 18.9. The van der Waals surface area contributed by atoms with Crippen molar-refractivity contribution >= 4 is 11.9 Å². The molecule has 0 amide bonds. The highest BCUT2D eigenvalue weighted by Crippen LogP contribution is 2.27. The number of ether oxygens (including phenoxy) is 2. The summed E-state index contributed by atoms with van der Waals surface area (Å²) in [5.41, 5.74) is 2.01. The third-order valence-corrected chi connectivity index (χ3v) is 6.41. The lowest BCUT2D eigenvalue weighted by Gasteiger charge is -2.31. The van der Waals surface area contributed by atoms with E-state index in [9.17, 15) is 24.9 Å². The summed E-state index contributed by atoms with van der Waals surface area (Å²) < 4.78 is 11.5. The number of nitrogens with zero attached hydrogens (tertiary/aromatic N) is 4. The van der Waals surface area contributed by atoms with E-state index in [1.807, 2.05) is 40.1 Å². The predicted molar refractivity (Wildman–Crippen MR) is 153 cm³/mol. The molecule has 0 aliphatic rings. The third kappa shape index (κ3) is 10.6. The molecule has 0 bridgehead atoms. The van der Waals surface area contributed by atoms with Crippen molar-refractivity contribution in [1.29, 1.82) is 0 Å². The smallest absolute Gasteiger partial charge is 0.354 e. The van der Waals surface area contributed by atoms with Gasteiger partial charge in [0.05, 0.1) is 57.1 Å². The van der Waals surface area contributed by atoms with Gasteiger partial charge in [0.2, 0.25) is 0 Å². The summed E-state index contributed by atoms with van der Waals surface area (Å²) >= 11 is 0. The molecule has 2 heterocycles. The lowest BCUT2D eigenvalue weighted by atomic mass is 10.0. The van der Waals surface area contributed by atoms with Gasteiger partial charge in [-0.2, -0.15) is 0 Å². The van der Waals surface area contributed by atoms with Crippen molar-refractivity contribution in [2.24, 2.45) is 0 Å². The number of rotatable bonds is 20. The molecule has 0 aliphatic heterocycles. The maximum Gasteiger partial charge on any atom is 0.354 e. The normalized spacial score (nSPS) is 12.1. The van der Waals surface area contributed by atoms with Gasteiger partial charge in [-0.3, -0.25) is 9.80 Å². The Morgan fingerprint density at radius 3 is 1.95 bits per heavy atom. The van der Waals surface area contributed by atoms with Crippen LogP contribution >= 0.6 is 0 Å². The minimum Gasteiger partial charge on any atom is -0.477 e. The second kappa shape index (κ2) is 17.9. The van der Waals surface area contributed by atoms with Crippen LogP contribution in [-0.4, -0.2) is 118 Å². The van der Waals surface area contributed by atoms with Gasteiger partial charge in [-0.25, -0.2) is 19.6 Å². The van der Waals surface area contributed by atoms with Gasteiger partial charge in [-0.15, -0.1) is 0 Å². The zero-order valence-corrected chi connectivity index (χ0v) is 23.4. The monoisotopic (exact) mass is 582 g/mol. The highest BCUT2D eigenvalue weighted by atomic mass is 16.5. The molecule has 0 aliphatic carbocycles. The quantitative estimate of drug-likeness (QED) is 0.143. The molecule has 0 saturated heterocycles. The maximum absolute atomic E-state index is 11.5. The number of hydrogen-bond acceptors (Lipinski definition) is 10. The fourth-order valence-electron chi connectivity index (χ4n) is 4.45. The SMILES string of the molecule is O=C(O)c1cccc(CN(CCO)CCOCCOCCN(CCO)C(c2ccccc2)c2cccc(C(=O)O)n2)n1. The van der Waals surface area contributed by atoms with Gasteiger partial charge in [0.15, 0.2) is 0 Å². The van der Waals surface area contributed by atoms with E-state index in [0.29, 0.717) is 70.5 Å². The third-order valence-electron chi connectivity index (χ3n) is 6.41. The number of aliphatic hydroxyl groups excluding tert-OH is 2. The van der Waals surface area contributed by atoms with E-state index in [2.05, 4.69) is 9.97 Å². The molecule has 2 aromatic heterocycles. The fraction of sp³-hybridized carbons (Fsp3) is 0.400. The molecular formula is C30H38N4O8. The summed E-state index contributed by atoms with van der Waals surface area (Å²) in [6.07, 6.45) is 0. The molecule has 12 nitrogen and oxygen atoms in total. The van der Waals surface area contributed by atoms with Crippen LogP contribution < -0.4 is 0 Å². The first-order chi connectivity index (χ1) is 20.4. The van der Waals surface area contributed by atoms with Crippen molar-refractivity contribution in [2.75, 3.05) is 65.8 Å². The number of pyridine rings is 2. The predicted octanol–water partition coefficient (Wildman–Crippen LogP) is 1.78. The molecule has 0 fully saturated rings. The molecule has 4 N–H and O–H groups in total. The molecule has 1 unspecified atom stereocenters. The Bertz CT molecular complexity index is 1250. The number of carbonyl (C=O) groups is 2. The molecule has 0 saturated carbocycles. The summed E-state index contributed by atoms with van der Waals surface area (Å²) in [5.74, 6) is -2.20. The van der Waals surface area contributed by atoms with Crippen molar-refractivity contribution in [1.82, 2.24) is 19.8 Å². The van der Waals surface area contributed by atoms with Crippen LogP contribution in [0, 0.1) is 0 Å². The van der Waals surface area contributed by atoms with Gasteiger partial charge >= 0.3 is 11.9 Å². The van der Waals surface area contributed by atoms with Crippen LogP contribution in [0.3, 0.4) is 0 Å². The average Bonchev–Trinajstić information content (AvgIpc) is 2.99. The topological polar surface area (TPSA) is 166 Å². The summed E-state index contributed by atoms with van der Waals surface area (Å²) in [5, 5.41) is 37.7. The Hall–Kier alpha value is -3.78. The van der Waals surface area contributed by atoms with Gasteiger partial charge in [0.25, 0.3) is 0 Å². The number of aromatic nitrogens is 2. The molecule has 226 valence electrons. The summed E-state index contributed by atoms with van der Waals surface area (Å²) in [7, 11) is 0. The molecule has 0 radical (unpaired) electrons. The van der Waals surface area contributed by atoms with E-state index >= 15 is 0 Å². The lowest BCUT2D eigenvalue weighted by molar-refractivity contribution is 0.0245. The molecular weight excluding hydrogens is 544 g/mol. The van der Waals surface area contributed by atoms with Crippen LogP contribution in [0.4, 0.5) is 0 Å². The number of aromatic carboxylic acids is 2. The highest BCUT2D eigenvalue weighted by molar-refractivity contribution is 5.85. The molecule has 42 heavy (non-hydrogen) atoms. The number of hydrogen-bond donors (Lipinski definition) is 4. The first-order valence-corrected chi connectivity index (χ1v) is 13.7. The largest absolute Gasteiger partial charge is 0.477 e. The molecule has 1 aromatic carbocycles. The average molecular weight is 583 g/mol. The minimum atomic E-state index is -1.11. The Morgan fingerprint density at radius 1 is 0.690 bits per heavy atom. The Balaban J connectivity index is 1.48. The molecule has 1 atom stereocenters. The van der Waals surface area contributed by atoms with Crippen molar-refractivity contribution in [3.8, 4) is 0 Å². The maximum atomic E-state index is 11.5. The van der Waals surface area contributed by atoms with E-state index in [0.717, 1.165) is 5.56 Å². The van der Waals surface area contributed by atoms with Crippen molar-refractivity contribution in [3.63, 3.8) is 0 Å². The van der Waals surface area contributed by atoms with Gasteiger partial charge in [-0.05, 0) is 29.8 Å². The van der Waals surface area contributed by atoms with Crippen molar-refractivity contribution in [3.05, 3.63) is 95.1 Å². The standard InChI is InChI=1S/C30H38N4O8/c35-16-12-33(22-24-8-4-10-26(31-24)29(37)38)14-18-41-20-21-42-19-15-34(13-17-36)28(23-6-2-1-3-7-23)25-9-5-11-27(32-25)30(39)40/h1-11,28,35-36H,12-22H2,(H,37,38)(H,39,40). The van der Waals surface area contributed by atoms with E-state index in [1.165, 1.54) is 12.1 Å². The van der Waals surface area contributed by atoms with Gasteiger partial charge in [0.1, 0.15) is 11.4 Å². The first-order valence-electron chi connectivity index (χ1n) is 13.7. The fourth-order valence-corrected chi connectivity index (χ4v) is 4.45. The van der Waals surface area contributed by atoms with Gasteiger partial charge in [-0.1, -0.05) is 42.5 Å². The van der Waals surface area contributed by atoms with E-state index in [-0.39, 0.29) is 30.6 Å². The van der Waals surface area contributed by atoms with Crippen molar-refractivity contribution < 1.29 is 39.5 Å². The Kier molecular flexibility index (Phi) is 14.0. The number of benzene rings is 1. The van der Waals surface area contributed by atoms with E-state index < -0.39 is 11.9 Å². The Labute approximate surface area is 244 Å². The second-order valence-corrected chi connectivity index (χ2v) is 9.37. The van der Waals surface area contributed by atoms with Crippen LogP contribution in [0.25, 0.3) is 0 Å². The van der Waals surface area contributed by atoms with Crippen LogP contribution in [0.15, 0.2) is 66.7 Å². The highest BCUT2D eigenvalue weighted by Gasteiger charge is 2.24. The van der Waals surface area contributed by atoms with Crippen molar-refractivity contribution in [2.45, 2.75) is 12.6 Å². The van der Waals surface area contributed by atoms with E-state index in [4.69, 9.17) is 14.6 Å². The van der Waals surface area contributed by atoms with Crippen LogP contribution in [0.5, 0.6) is 0 Å². The molecule has 12 heteroatoms. The van der Waals surface area contributed by atoms with Crippen LogP contribution in [0.1, 0.15) is 44.0 Å². The molecule has 0 spiro atoms. The number of carboxylic acid groups (broad SMARTS) is 2. The summed E-state index contributed by atoms with van der Waals surface area (Å²) in [6.45, 7) is 3.40. The minimum absolute atomic E-state index is 0.0254. The Morgan fingerprint density at radius 2 is 1.31 bits per heavy atom. The zero-order chi connectivity index (χ0) is 30.2. The lowest BCUT2D eigenvalue weighted by Crippen LogP contribution is -2.36. The molecule has 3 rings (SSSR count). The first kappa shape index (κ1) is 32.7. The second-order valence-electron chi connectivity index (χ2n) is 9.37.